The summed E-state index contributed by atoms with van der Waals surface area (Å²) in [4.78, 5) is 72.2. The zero-order chi connectivity index (χ0) is 33.8. The van der Waals surface area contributed by atoms with Crippen molar-refractivity contribution in [2.24, 2.45) is 11.7 Å². The van der Waals surface area contributed by atoms with Crippen LogP contribution in [0.4, 0.5) is 0 Å². The second kappa shape index (κ2) is 16.7. The van der Waals surface area contributed by atoms with Crippen LogP contribution in [-0.4, -0.2) is 68.2 Å². The third-order valence-electron chi connectivity index (χ3n) is 6.86. The van der Waals surface area contributed by atoms with Crippen LogP contribution in [0.3, 0.4) is 0 Å². The molecule has 2 aromatic carbocycles. The van der Waals surface area contributed by atoms with Gasteiger partial charge in [-0.1, -0.05) is 53.2 Å². The van der Waals surface area contributed by atoms with Crippen LogP contribution in [0.15, 0.2) is 59.1 Å². The zero-order valence-electron chi connectivity index (χ0n) is 24.3. The second-order valence-electron chi connectivity index (χ2n) is 10.3. The molecular formula is C30H32ClN5O10. The van der Waals surface area contributed by atoms with Crippen molar-refractivity contribution in [3.8, 4) is 22.4 Å². The maximum Gasteiger partial charge on any atom is 0.303 e. The summed E-state index contributed by atoms with van der Waals surface area (Å²) in [7, 11) is 0. The summed E-state index contributed by atoms with van der Waals surface area (Å²) in [6.07, 6.45) is -2.56. The van der Waals surface area contributed by atoms with Crippen LogP contribution in [-0.2, 0) is 35.2 Å². The van der Waals surface area contributed by atoms with E-state index in [-0.39, 0.29) is 18.6 Å². The van der Waals surface area contributed by atoms with E-state index in [0.717, 1.165) is 11.1 Å². The fourth-order valence-electron chi connectivity index (χ4n) is 4.47. The van der Waals surface area contributed by atoms with Gasteiger partial charge in [0, 0.05) is 42.3 Å². The molecule has 0 saturated heterocycles. The molecule has 15 nitrogen and oxygen atoms in total. The van der Waals surface area contributed by atoms with Crippen molar-refractivity contribution < 1.29 is 48.7 Å². The normalized spacial score (nSPS) is 12.7. The van der Waals surface area contributed by atoms with Crippen LogP contribution < -0.4 is 21.8 Å². The van der Waals surface area contributed by atoms with Gasteiger partial charge in [-0.15, -0.1) is 0 Å². The number of carboxylic acids is 2. The summed E-state index contributed by atoms with van der Waals surface area (Å²) in [5.74, 6) is -7.38. The minimum Gasteiger partial charge on any atom is -0.481 e. The molecular weight excluding hydrogens is 626 g/mol. The lowest BCUT2D eigenvalue weighted by Gasteiger charge is -2.23. The van der Waals surface area contributed by atoms with Crippen LogP contribution >= 0.6 is 11.6 Å². The lowest BCUT2D eigenvalue weighted by molar-refractivity contribution is -0.140. The summed E-state index contributed by atoms with van der Waals surface area (Å²) in [6.45, 7) is 0. The number of carbonyl (C=O) groups excluding carboxylic acids is 4. The van der Waals surface area contributed by atoms with E-state index in [4.69, 9.17) is 37.3 Å². The number of aromatic nitrogens is 1. The molecule has 0 spiro atoms. The molecule has 0 aliphatic carbocycles. The summed E-state index contributed by atoms with van der Waals surface area (Å²) in [5, 5.41) is 36.4. The van der Waals surface area contributed by atoms with Gasteiger partial charge in [-0.25, -0.2) is 5.48 Å². The number of hydroxylamine groups is 1. The van der Waals surface area contributed by atoms with Crippen molar-refractivity contribution in [3.05, 3.63) is 65.4 Å². The Morgan fingerprint density at radius 1 is 0.826 bits per heavy atom. The van der Waals surface area contributed by atoms with E-state index in [0.29, 0.717) is 16.3 Å². The summed E-state index contributed by atoms with van der Waals surface area (Å²) >= 11 is 6.08. The number of hydrogen-bond acceptors (Lipinski definition) is 9. The first kappa shape index (κ1) is 35.2. The Morgan fingerprint density at radius 3 is 2.02 bits per heavy atom. The SMILES string of the molecule is NC(=O)[C@H](CCC(=O)O)NC(=O)[C@H](CCC(=O)O)NC(=O)[C@@H](CC(=O)NO)Cc1cc(-c2ccc(-c3cccc(Cl)c3)cc2)no1. The molecule has 3 atom stereocenters. The Labute approximate surface area is 267 Å². The van der Waals surface area contributed by atoms with Gasteiger partial charge in [0.1, 0.15) is 23.5 Å². The van der Waals surface area contributed by atoms with Crippen molar-refractivity contribution in [1.29, 1.82) is 0 Å². The molecule has 0 aliphatic rings. The summed E-state index contributed by atoms with van der Waals surface area (Å²) in [5.41, 5.74) is 9.64. The molecule has 0 saturated carbocycles. The van der Waals surface area contributed by atoms with Crippen LogP contribution in [0.2, 0.25) is 5.02 Å². The largest absolute Gasteiger partial charge is 0.481 e. The molecule has 4 amide bonds. The topological polar surface area (TPSA) is 251 Å². The van der Waals surface area contributed by atoms with E-state index in [1.54, 1.807) is 12.1 Å². The third kappa shape index (κ3) is 10.7. The number of nitrogens with zero attached hydrogens (tertiary/aromatic N) is 1. The number of primary amides is 1. The Balaban J connectivity index is 1.77. The summed E-state index contributed by atoms with van der Waals surface area (Å²) < 4.78 is 5.40. The predicted octanol–water partition coefficient (Wildman–Crippen LogP) is 1.90. The van der Waals surface area contributed by atoms with Gasteiger partial charge < -0.3 is 31.1 Å². The molecule has 0 radical (unpaired) electrons. The highest BCUT2D eigenvalue weighted by Crippen LogP contribution is 2.27. The number of nitrogens with two attached hydrogens (primary N) is 1. The van der Waals surface area contributed by atoms with Gasteiger partial charge in [0.25, 0.3) is 0 Å². The van der Waals surface area contributed by atoms with Gasteiger partial charge in [0.15, 0.2) is 0 Å². The molecule has 16 heteroatoms. The van der Waals surface area contributed by atoms with Crippen molar-refractivity contribution in [3.63, 3.8) is 0 Å². The highest BCUT2D eigenvalue weighted by molar-refractivity contribution is 6.30. The highest BCUT2D eigenvalue weighted by atomic mass is 35.5. The van der Waals surface area contributed by atoms with Crippen molar-refractivity contribution >= 4 is 47.2 Å². The van der Waals surface area contributed by atoms with Gasteiger partial charge in [-0.3, -0.25) is 34.0 Å². The fraction of sp³-hybridized carbons (Fsp3) is 0.300. The van der Waals surface area contributed by atoms with Crippen LogP contribution in [0.1, 0.15) is 37.9 Å². The van der Waals surface area contributed by atoms with Gasteiger partial charge in [-0.2, -0.15) is 0 Å². The van der Waals surface area contributed by atoms with Crippen molar-refractivity contribution in [2.75, 3.05) is 0 Å². The van der Waals surface area contributed by atoms with E-state index in [9.17, 15) is 28.8 Å². The molecule has 0 fully saturated rings. The standard InChI is InChI=1S/C30H32ClN5O10/c31-20-3-1-2-18(12-20)16-4-6-17(7-5-16)24-15-21(46-36-24)13-19(14-25(37)35-45)29(43)34-23(9-11-27(40)41)30(44)33-22(28(32)42)8-10-26(38)39/h1-7,12,15,19,22-23,45H,8-11,13-14H2,(H2,32,42)(H,33,44)(H,34,43)(H,35,37)(H,38,39)(H,40,41)/t19-,22+,23+/m1/s1. The molecule has 0 unspecified atom stereocenters. The first-order valence-electron chi connectivity index (χ1n) is 13.9. The number of carboxylic acid groups (broad SMARTS) is 2. The third-order valence-corrected chi connectivity index (χ3v) is 7.09. The second-order valence-corrected chi connectivity index (χ2v) is 10.7. The Kier molecular flexibility index (Phi) is 12.8. The van der Waals surface area contributed by atoms with Gasteiger partial charge in [0.2, 0.25) is 23.6 Å². The number of carbonyl (C=O) groups is 6. The number of amides is 4. The molecule has 0 bridgehead atoms. The van der Waals surface area contributed by atoms with Crippen molar-refractivity contribution in [2.45, 2.75) is 50.6 Å². The van der Waals surface area contributed by atoms with E-state index in [1.807, 2.05) is 42.5 Å². The Bertz CT molecular complexity index is 1580. The van der Waals surface area contributed by atoms with Crippen LogP contribution in [0.5, 0.6) is 0 Å². The lowest BCUT2D eigenvalue weighted by Crippen LogP contribution is -2.54. The predicted molar refractivity (Wildman–Crippen MR) is 161 cm³/mol. The average Bonchev–Trinajstić information content (AvgIpc) is 3.48. The van der Waals surface area contributed by atoms with E-state index < -0.39 is 79.3 Å². The molecule has 3 rings (SSSR count). The van der Waals surface area contributed by atoms with Crippen LogP contribution in [0, 0.1) is 5.92 Å². The summed E-state index contributed by atoms with van der Waals surface area (Å²) in [6, 6.07) is 13.3. The minimum atomic E-state index is -1.50. The van der Waals surface area contributed by atoms with E-state index in [2.05, 4.69) is 15.8 Å². The number of benzene rings is 2. The quantitative estimate of drug-likeness (QED) is 0.0815. The molecule has 244 valence electrons. The number of halogens is 1. The number of hydrogen-bond donors (Lipinski definition) is 7. The number of rotatable bonds is 17. The molecule has 3 aromatic rings. The smallest absolute Gasteiger partial charge is 0.303 e. The maximum absolute atomic E-state index is 13.3. The maximum atomic E-state index is 13.3. The fourth-order valence-corrected chi connectivity index (χ4v) is 4.66. The monoisotopic (exact) mass is 657 g/mol. The van der Waals surface area contributed by atoms with Crippen molar-refractivity contribution in [1.82, 2.24) is 21.3 Å². The highest BCUT2D eigenvalue weighted by Gasteiger charge is 2.31. The van der Waals surface area contributed by atoms with E-state index in [1.165, 1.54) is 5.48 Å². The molecule has 1 aromatic heterocycles. The lowest BCUT2D eigenvalue weighted by atomic mass is 9.96. The first-order valence-corrected chi connectivity index (χ1v) is 14.3. The Morgan fingerprint density at radius 2 is 1.43 bits per heavy atom. The number of aliphatic carboxylic acids is 2. The molecule has 1 heterocycles. The zero-order valence-corrected chi connectivity index (χ0v) is 25.0. The minimum absolute atomic E-state index is 0.189. The van der Waals surface area contributed by atoms with Gasteiger partial charge in [-0.05, 0) is 36.1 Å². The van der Waals surface area contributed by atoms with Gasteiger partial charge in [0.05, 0.1) is 5.92 Å². The Hall–Kier alpha value is -5.28. The van der Waals surface area contributed by atoms with Crippen LogP contribution in [0.25, 0.3) is 22.4 Å². The molecule has 8 N–H and O–H groups in total. The average molecular weight is 658 g/mol. The molecule has 46 heavy (non-hydrogen) atoms. The first-order chi connectivity index (χ1) is 21.9. The number of nitrogens with one attached hydrogen (secondary N) is 3. The molecule has 0 aliphatic heterocycles. The van der Waals surface area contributed by atoms with Gasteiger partial charge >= 0.3 is 11.9 Å². The van der Waals surface area contributed by atoms with E-state index >= 15 is 0 Å².